The molecule has 0 fully saturated rings. The van der Waals surface area contributed by atoms with E-state index in [-0.39, 0.29) is 5.56 Å². The van der Waals surface area contributed by atoms with E-state index >= 15 is 0 Å². The van der Waals surface area contributed by atoms with Crippen LogP contribution in [0.15, 0.2) is 30.5 Å². The van der Waals surface area contributed by atoms with Crippen LogP contribution >= 0.6 is 0 Å². The molecule has 0 saturated heterocycles. The fourth-order valence-electron chi connectivity index (χ4n) is 1.69. The van der Waals surface area contributed by atoms with E-state index in [1.54, 1.807) is 4.52 Å². The second kappa shape index (κ2) is 2.60. The summed E-state index contributed by atoms with van der Waals surface area (Å²) in [6.45, 7) is 0. The van der Waals surface area contributed by atoms with E-state index in [0.29, 0.717) is 5.65 Å². The molecule has 3 rings (SSSR count). The normalized spacial score (nSPS) is 11.2. The van der Waals surface area contributed by atoms with E-state index in [9.17, 15) is 4.79 Å². The summed E-state index contributed by atoms with van der Waals surface area (Å²) < 4.78 is 1.67. The van der Waals surface area contributed by atoms with Crippen LogP contribution < -0.4 is 0 Å². The van der Waals surface area contributed by atoms with Crippen LogP contribution in [0.3, 0.4) is 0 Å². The SMILES string of the molecule is O=C(O)c1c[nH]n2c1nc1ccccc12. The molecule has 2 aromatic heterocycles. The van der Waals surface area contributed by atoms with Gasteiger partial charge >= 0.3 is 5.97 Å². The number of hydrogen-bond acceptors (Lipinski definition) is 2. The number of carbonyl (C=O) groups is 1. The molecule has 5 nitrogen and oxygen atoms in total. The van der Waals surface area contributed by atoms with Crippen LogP contribution in [0.2, 0.25) is 0 Å². The van der Waals surface area contributed by atoms with Gasteiger partial charge in [0.2, 0.25) is 0 Å². The molecule has 0 radical (unpaired) electrons. The minimum absolute atomic E-state index is 0.186. The van der Waals surface area contributed by atoms with Crippen molar-refractivity contribution in [1.82, 2.24) is 14.6 Å². The van der Waals surface area contributed by atoms with Crippen LogP contribution in [0.5, 0.6) is 0 Å². The summed E-state index contributed by atoms with van der Waals surface area (Å²) in [5.74, 6) is -0.975. The highest BCUT2D eigenvalue weighted by molar-refractivity contribution is 5.96. The second-order valence-electron chi connectivity index (χ2n) is 3.25. The molecule has 3 aromatic rings. The Morgan fingerprint density at radius 3 is 3.00 bits per heavy atom. The first-order chi connectivity index (χ1) is 7.27. The van der Waals surface area contributed by atoms with Gasteiger partial charge < -0.3 is 5.11 Å². The lowest BCUT2D eigenvalue weighted by atomic mass is 10.3. The number of carboxylic acid groups (broad SMARTS) is 1. The van der Waals surface area contributed by atoms with E-state index < -0.39 is 5.97 Å². The molecule has 0 aliphatic heterocycles. The van der Waals surface area contributed by atoms with Crippen LogP contribution in [0.4, 0.5) is 0 Å². The summed E-state index contributed by atoms with van der Waals surface area (Å²) in [6.07, 6.45) is 1.44. The molecule has 2 N–H and O–H groups in total. The molecule has 0 atom stereocenters. The Kier molecular flexibility index (Phi) is 1.39. The summed E-state index contributed by atoms with van der Waals surface area (Å²) in [5, 5.41) is 11.8. The molecule has 0 aliphatic carbocycles. The second-order valence-corrected chi connectivity index (χ2v) is 3.25. The zero-order valence-electron chi connectivity index (χ0n) is 7.64. The average Bonchev–Trinajstić information content (AvgIpc) is 2.74. The van der Waals surface area contributed by atoms with E-state index in [2.05, 4.69) is 10.1 Å². The van der Waals surface area contributed by atoms with Crippen molar-refractivity contribution in [2.75, 3.05) is 0 Å². The smallest absolute Gasteiger partial charge is 0.341 e. The van der Waals surface area contributed by atoms with Gasteiger partial charge in [0.15, 0.2) is 5.65 Å². The molecule has 5 heteroatoms. The van der Waals surface area contributed by atoms with Gasteiger partial charge in [0, 0.05) is 6.20 Å². The number of nitrogens with one attached hydrogen (secondary N) is 1. The van der Waals surface area contributed by atoms with Crippen LogP contribution in [0.1, 0.15) is 10.4 Å². The number of carboxylic acids is 1. The van der Waals surface area contributed by atoms with Crippen molar-refractivity contribution in [3.8, 4) is 0 Å². The Balaban J connectivity index is 2.50. The quantitative estimate of drug-likeness (QED) is 0.627. The summed E-state index contributed by atoms with van der Waals surface area (Å²) >= 11 is 0. The molecule has 2 heterocycles. The summed E-state index contributed by atoms with van der Waals surface area (Å²) in [6, 6.07) is 7.49. The molecule has 1 aromatic carbocycles. The first-order valence-electron chi connectivity index (χ1n) is 4.45. The maximum atomic E-state index is 10.9. The van der Waals surface area contributed by atoms with Gasteiger partial charge in [0.1, 0.15) is 5.56 Å². The van der Waals surface area contributed by atoms with Crippen LogP contribution in [0, 0.1) is 0 Å². The third-order valence-electron chi connectivity index (χ3n) is 2.37. The Bertz CT molecular complexity index is 665. The topological polar surface area (TPSA) is 70.4 Å². The van der Waals surface area contributed by atoms with Gasteiger partial charge in [-0.1, -0.05) is 12.1 Å². The Hall–Kier alpha value is -2.30. The molecule has 74 valence electrons. The molecule has 0 unspecified atom stereocenters. The number of para-hydroxylation sites is 2. The molecular weight excluding hydrogens is 194 g/mol. The average molecular weight is 201 g/mol. The minimum atomic E-state index is -0.975. The zero-order valence-corrected chi connectivity index (χ0v) is 7.64. The van der Waals surface area contributed by atoms with Crippen molar-refractivity contribution in [3.63, 3.8) is 0 Å². The maximum Gasteiger partial charge on any atom is 0.341 e. The molecular formula is C10H7N3O2. The van der Waals surface area contributed by atoms with Crippen molar-refractivity contribution in [3.05, 3.63) is 36.0 Å². The number of aromatic carboxylic acids is 1. The van der Waals surface area contributed by atoms with Gasteiger partial charge in [0.05, 0.1) is 11.0 Å². The van der Waals surface area contributed by atoms with Crippen LogP contribution in [-0.4, -0.2) is 25.7 Å². The van der Waals surface area contributed by atoms with E-state index in [1.807, 2.05) is 24.3 Å². The van der Waals surface area contributed by atoms with Crippen molar-refractivity contribution in [2.45, 2.75) is 0 Å². The van der Waals surface area contributed by atoms with Crippen molar-refractivity contribution in [2.24, 2.45) is 0 Å². The number of hydrogen-bond donors (Lipinski definition) is 2. The standard InChI is InChI=1S/C10H7N3O2/c14-10(15)6-5-11-13-8-4-2-1-3-7(8)12-9(6)13/h1-5,11H,(H,14,15). The lowest BCUT2D eigenvalue weighted by molar-refractivity contribution is 0.0699. The Labute approximate surface area is 83.9 Å². The van der Waals surface area contributed by atoms with Crippen molar-refractivity contribution >= 4 is 22.6 Å². The summed E-state index contributed by atoms with van der Waals surface area (Å²) in [7, 11) is 0. The van der Waals surface area contributed by atoms with Gasteiger partial charge in [-0.15, -0.1) is 0 Å². The number of H-pyrrole nitrogens is 1. The van der Waals surface area contributed by atoms with Crippen molar-refractivity contribution < 1.29 is 9.90 Å². The monoisotopic (exact) mass is 201 g/mol. The highest BCUT2D eigenvalue weighted by Crippen LogP contribution is 2.18. The number of fused-ring (bicyclic) bond motifs is 3. The number of benzene rings is 1. The predicted molar refractivity (Wildman–Crippen MR) is 54.0 cm³/mol. The number of nitrogens with zero attached hydrogens (tertiary/aromatic N) is 2. The number of aromatic nitrogens is 3. The third kappa shape index (κ3) is 0.969. The lowest BCUT2D eigenvalue weighted by Gasteiger charge is -1.87. The minimum Gasteiger partial charge on any atom is -0.477 e. The number of aromatic amines is 1. The van der Waals surface area contributed by atoms with E-state index in [0.717, 1.165) is 11.0 Å². The highest BCUT2D eigenvalue weighted by atomic mass is 16.4. The van der Waals surface area contributed by atoms with Crippen LogP contribution in [0.25, 0.3) is 16.7 Å². The number of imidazole rings is 1. The summed E-state index contributed by atoms with van der Waals surface area (Å²) in [4.78, 5) is 15.1. The predicted octanol–water partition coefficient (Wildman–Crippen LogP) is 1.51. The molecule has 0 aliphatic rings. The van der Waals surface area contributed by atoms with Gasteiger partial charge in [-0.25, -0.2) is 14.3 Å². The Morgan fingerprint density at radius 2 is 2.20 bits per heavy atom. The van der Waals surface area contributed by atoms with Gasteiger partial charge in [-0.2, -0.15) is 0 Å². The van der Waals surface area contributed by atoms with E-state index in [1.165, 1.54) is 6.20 Å². The van der Waals surface area contributed by atoms with Crippen LogP contribution in [-0.2, 0) is 0 Å². The lowest BCUT2D eigenvalue weighted by Crippen LogP contribution is -1.94. The molecule has 0 spiro atoms. The van der Waals surface area contributed by atoms with Crippen molar-refractivity contribution in [1.29, 1.82) is 0 Å². The first-order valence-corrected chi connectivity index (χ1v) is 4.45. The van der Waals surface area contributed by atoms with Gasteiger partial charge in [-0.3, -0.25) is 5.10 Å². The number of rotatable bonds is 1. The molecule has 15 heavy (non-hydrogen) atoms. The maximum absolute atomic E-state index is 10.9. The first kappa shape index (κ1) is 8.05. The fourth-order valence-corrected chi connectivity index (χ4v) is 1.69. The Morgan fingerprint density at radius 1 is 1.40 bits per heavy atom. The third-order valence-corrected chi connectivity index (χ3v) is 2.37. The largest absolute Gasteiger partial charge is 0.477 e. The summed E-state index contributed by atoms with van der Waals surface area (Å²) in [5.41, 5.74) is 2.29. The zero-order chi connectivity index (χ0) is 10.4. The molecule has 0 saturated carbocycles. The van der Waals surface area contributed by atoms with E-state index in [4.69, 9.17) is 5.11 Å². The fraction of sp³-hybridized carbons (Fsp3) is 0. The molecule has 0 amide bonds. The molecule has 0 bridgehead atoms. The van der Waals surface area contributed by atoms with Gasteiger partial charge in [-0.05, 0) is 12.1 Å². The van der Waals surface area contributed by atoms with Gasteiger partial charge in [0.25, 0.3) is 0 Å². The highest BCUT2D eigenvalue weighted by Gasteiger charge is 2.14.